The van der Waals surface area contributed by atoms with Crippen molar-refractivity contribution in [2.24, 2.45) is 0 Å². The van der Waals surface area contributed by atoms with Gasteiger partial charge in [0, 0.05) is 6.61 Å². The maximum absolute atomic E-state index is 6.39. The first-order valence-electron chi connectivity index (χ1n) is 6.70. The van der Waals surface area contributed by atoms with Gasteiger partial charge in [-0.3, -0.25) is 0 Å². The highest BCUT2D eigenvalue weighted by molar-refractivity contribution is 6.74. The first kappa shape index (κ1) is 14.9. The molecule has 1 rings (SSSR count). The van der Waals surface area contributed by atoms with E-state index in [0.29, 0.717) is 0 Å². The van der Waals surface area contributed by atoms with Gasteiger partial charge >= 0.3 is 0 Å². The second kappa shape index (κ2) is 5.68. The zero-order valence-corrected chi connectivity index (χ0v) is 13.1. The van der Waals surface area contributed by atoms with Crippen molar-refractivity contribution in [3.8, 4) is 0 Å². The molecular weight excluding hydrogens is 228 g/mol. The predicted octanol–water partition coefficient (Wildman–Crippen LogP) is 4.13. The Hall–Kier alpha value is -0.123. The third-order valence-electron chi connectivity index (χ3n) is 4.05. The molecular formula is C14H28O2Si. The highest BCUT2D eigenvalue weighted by atomic mass is 28.4. The number of rotatable bonds is 4. The molecule has 17 heavy (non-hydrogen) atoms. The van der Waals surface area contributed by atoms with Crippen LogP contribution in [0.25, 0.3) is 0 Å². The highest BCUT2D eigenvalue weighted by Crippen LogP contribution is 2.38. The molecule has 0 aromatic heterocycles. The smallest absolute Gasteiger partial charge is 0.193 e. The fourth-order valence-electron chi connectivity index (χ4n) is 1.82. The summed E-state index contributed by atoms with van der Waals surface area (Å²) in [4.78, 5) is 0. The molecule has 1 saturated heterocycles. The van der Waals surface area contributed by atoms with E-state index < -0.39 is 8.32 Å². The van der Waals surface area contributed by atoms with Crippen LogP contribution in [0.1, 0.15) is 40.0 Å². The molecule has 3 heteroatoms. The van der Waals surface area contributed by atoms with Crippen molar-refractivity contribution in [1.82, 2.24) is 0 Å². The van der Waals surface area contributed by atoms with E-state index in [0.717, 1.165) is 13.0 Å². The molecule has 0 aromatic carbocycles. The van der Waals surface area contributed by atoms with Gasteiger partial charge in [-0.25, -0.2) is 0 Å². The van der Waals surface area contributed by atoms with Gasteiger partial charge < -0.3 is 9.16 Å². The Kier molecular flexibility index (Phi) is 4.99. The Morgan fingerprint density at radius 1 is 1.35 bits per heavy atom. The van der Waals surface area contributed by atoms with Crippen molar-refractivity contribution < 1.29 is 9.16 Å². The predicted molar refractivity (Wildman–Crippen MR) is 75.9 cm³/mol. The van der Waals surface area contributed by atoms with E-state index in [1.54, 1.807) is 0 Å². The lowest BCUT2D eigenvalue weighted by atomic mass is 10.0. The van der Waals surface area contributed by atoms with Gasteiger partial charge in [-0.15, -0.1) is 6.58 Å². The lowest BCUT2D eigenvalue weighted by Crippen LogP contribution is -2.47. The van der Waals surface area contributed by atoms with E-state index in [1.807, 2.05) is 6.08 Å². The number of hydrogen-bond donors (Lipinski definition) is 0. The van der Waals surface area contributed by atoms with Crippen molar-refractivity contribution in [1.29, 1.82) is 0 Å². The van der Waals surface area contributed by atoms with Crippen molar-refractivity contribution in [2.45, 2.75) is 70.4 Å². The monoisotopic (exact) mass is 256 g/mol. The van der Waals surface area contributed by atoms with Crippen molar-refractivity contribution >= 4 is 8.32 Å². The maximum Gasteiger partial charge on any atom is 0.193 e. The van der Waals surface area contributed by atoms with Crippen LogP contribution in [0.3, 0.4) is 0 Å². The van der Waals surface area contributed by atoms with E-state index in [-0.39, 0.29) is 17.2 Å². The first-order chi connectivity index (χ1) is 7.78. The zero-order chi connectivity index (χ0) is 13.1. The molecule has 100 valence electrons. The lowest BCUT2D eigenvalue weighted by Gasteiger charge is -2.41. The quantitative estimate of drug-likeness (QED) is 0.556. The van der Waals surface area contributed by atoms with Crippen LogP contribution in [0.5, 0.6) is 0 Å². The maximum atomic E-state index is 6.39. The summed E-state index contributed by atoms with van der Waals surface area (Å²) in [5.74, 6) is 0. The lowest BCUT2D eigenvalue weighted by molar-refractivity contribution is -0.0395. The van der Waals surface area contributed by atoms with Gasteiger partial charge in [-0.05, 0) is 37.4 Å². The van der Waals surface area contributed by atoms with Crippen LogP contribution in [0.15, 0.2) is 12.7 Å². The Morgan fingerprint density at radius 3 is 2.41 bits per heavy atom. The number of hydrogen-bond acceptors (Lipinski definition) is 2. The second-order valence-electron chi connectivity index (χ2n) is 6.48. The third kappa shape index (κ3) is 3.93. The minimum Gasteiger partial charge on any atom is -0.408 e. The Morgan fingerprint density at radius 2 is 2.00 bits per heavy atom. The van der Waals surface area contributed by atoms with Gasteiger partial charge in [0.05, 0.1) is 12.2 Å². The summed E-state index contributed by atoms with van der Waals surface area (Å²) in [5, 5.41) is 0.239. The summed E-state index contributed by atoms with van der Waals surface area (Å²) < 4.78 is 12.2. The van der Waals surface area contributed by atoms with Gasteiger partial charge in [0.1, 0.15) is 0 Å². The molecule has 0 bridgehead atoms. The molecule has 1 aliphatic heterocycles. The van der Waals surface area contributed by atoms with Gasteiger partial charge in [-0.1, -0.05) is 26.8 Å². The highest BCUT2D eigenvalue weighted by Gasteiger charge is 2.40. The normalized spacial score (nSPS) is 24.4. The van der Waals surface area contributed by atoms with Crippen molar-refractivity contribution in [3.63, 3.8) is 0 Å². The molecule has 0 spiro atoms. The molecule has 1 heterocycles. The van der Waals surface area contributed by atoms with Crippen LogP contribution in [-0.4, -0.2) is 27.1 Å². The summed E-state index contributed by atoms with van der Waals surface area (Å²) >= 11 is 0. The van der Waals surface area contributed by atoms with E-state index >= 15 is 0 Å². The Balaban J connectivity index is 2.65. The van der Waals surface area contributed by atoms with E-state index in [1.165, 1.54) is 12.8 Å². The number of ether oxygens (including phenoxy) is 1. The molecule has 0 amide bonds. The van der Waals surface area contributed by atoms with E-state index in [4.69, 9.17) is 9.16 Å². The molecule has 1 aliphatic rings. The minimum absolute atomic E-state index is 0.0659. The van der Waals surface area contributed by atoms with Gasteiger partial charge in [-0.2, -0.15) is 0 Å². The van der Waals surface area contributed by atoms with Crippen LogP contribution in [-0.2, 0) is 9.16 Å². The molecule has 0 aromatic rings. The second-order valence-corrected chi connectivity index (χ2v) is 11.2. The van der Waals surface area contributed by atoms with Gasteiger partial charge in [0.2, 0.25) is 0 Å². The Bertz CT molecular complexity index is 249. The molecule has 0 saturated carbocycles. The topological polar surface area (TPSA) is 18.5 Å². The summed E-state index contributed by atoms with van der Waals surface area (Å²) in [7, 11) is -1.72. The molecule has 0 radical (unpaired) electrons. The summed E-state index contributed by atoms with van der Waals surface area (Å²) in [6, 6.07) is 0. The van der Waals surface area contributed by atoms with E-state index in [2.05, 4.69) is 40.4 Å². The first-order valence-corrected chi connectivity index (χ1v) is 9.61. The summed E-state index contributed by atoms with van der Waals surface area (Å²) in [5.41, 5.74) is 0. The molecule has 0 aliphatic carbocycles. The molecule has 1 fully saturated rings. The van der Waals surface area contributed by atoms with Crippen LogP contribution in [0, 0.1) is 0 Å². The van der Waals surface area contributed by atoms with Crippen molar-refractivity contribution in [3.05, 3.63) is 12.7 Å². The fraction of sp³-hybridized carbons (Fsp3) is 0.857. The van der Waals surface area contributed by atoms with E-state index in [9.17, 15) is 0 Å². The average Bonchev–Trinajstić information content (AvgIpc) is 2.25. The zero-order valence-electron chi connectivity index (χ0n) is 12.1. The van der Waals surface area contributed by atoms with Gasteiger partial charge in [0.15, 0.2) is 8.32 Å². The standard InChI is InChI=1S/C14H28O2Si/c1-7-12(13-10-8-9-11-15-13)16-17(5,6)14(2,3)4/h7,12-13H,1,8-11H2,2-6H3/t12-,13+/m0/s1. The minimum atomic E-state index is -1.72. The molecule has 0 unspecified atom stereocenters. The SMILES string of the molecule is C=C[C@H](O[Si](C)(C)C(C)(C)C)[C@H]1CCCCO1. The molecule has 0 N–H and O–H groups in total. The Labute approximate surface area is 108 Å². The molecule has 2 atom stereocenters. The van der Waals surface area contributed by atoms with Crippen molar-refractivity contribution in [2.75, 3.05) is 6.61 Å². The van der Waals surface area contributed by atoms with Crippen LogP contribution < -0.4 is 0 Å². The fourth-order valence-corrected chi connectivity index (χ4v) is 3.10. The third-order valence-corrected chi connectivity index (χ3v) is 8.52. The average molecular weight is 256 g/mol. The summed E-state index contributed by atoms with van der Waals surface area (Å²) in [6.45, 7) is 16.2. The van der Waals surface area contributed by atoms with Crippen LogP contribution >= 0.6 is 0 Å². The summed E-state index contributed by atoms with van der Waals surface area (Å²) in [6.07, 6.45) is 5.74. The van der Waals surface area contributed by atoms with Crippen LogP contribution in [0.2, 0.25) is 18.1 Å². The largest absolute Gasteiger partial charge is 0.408 e. The van der Waals surface area contributed by atoms with Crippen LogP contribution in [0.4, 0.5) is 0 Å². The van der Waals surface area contributed by atoms with Gasteiger partial charge in [0.25, 0.3) is 0 Å². The molecule has 2 nitrogen and oxygen atoms in total.